The molecular weight excluding hydrogens is 524 g/mol. The molecule has 0 saturated carbocycles. The summed E-state index contributed by atoms with van der Waals surface area (Å²) < 4.78 is 1.07. The molecule has 2 amide bonds. The summed E-state index contributed by atoms with van der Waals surface area (Å²) in [7, 11) is 0. The fourth-order valence-corrected chi connectivity index (χ4v) is 5.14. The minimum atomic E-state index is -0.696. The van der Waals surface area contributed by atoms with Crippen molar-refractivity contribution in [2.75, 3.05) is 0 Å². The van der Waals surface area contributed by atoms with E-state index in [1.54, 1.807) is 23.5 Å². The topological polar surface area (TPSA) is 122 Å². The van der Waals surface area contributed by atoms with Gasteiger partial charge in [0.1, 0.15) is 16.4 Å². The number of aromatic hydroxyl groups is 1. The first-order valence-corrected chi connectivity index (χ1v) is 13.0. The first kappa shape index (κ1) is 25.6. The molecule has 3 aromatic carbocycles. The van der Waals surface area contributed by atoms with Crippen LogP contribution in [0.1, 0.15) is 30.4 Å². The molecule has 9 nitrogen and oxygen atoms in total. The number of hydrogen-bond donors (Lipinski definition) is 2. The van der Waals surface area contributed by atoms with Crippen LogP contribution in [0.2, 0.25) is 0 Å². The van der Waals surface area contributed by atoms with E-state index >= 15 is 0 Å². The van der Waals surface area contributed by atoms with E-state index in [4.69, 9.17) is 9.82 Å². The highest BCUT2D eigenvalue weighted by atomic mass is 32.1. The highest BCUT2D eigenvalue weighted by molar-refractivity contribution is 7.80. The summed E-state index contributed by atoms with van der Waals surface area (Å²) in [6.45, 7) is 2.00. The number of fused-ring (bicyclic) bond motifs is 1. The second kappa shape index (κ2) is 10.7. The van der Waals surface area contributed by atoms with Crippen LogP contribution in [0.15, 0.2) is 69.7 Å². The van der Waals surface area contributed by atoms with Crippen molar-refractivity contribution < 1.29 is 24.3 Å². The largest absolute Gasteiger partial charge is 0.506 e. The van der Waals surface area contributed by atoms with E-state index in [2.05, 4.69) is 22.9 Å². The Hall–Kier alpha value is -4.09. The van der Waals surface area contributed by atoms with Crippen LogP contribution in [0.3, 0.4) is 0 Å². The Bertz CT molecular complexity index is 1580. The van der Waals surface area contributed by atoms with Gasteiger partial charge < -0.3 is 9.94 Å². The first-order chi connectivity index (χ1) is 18.3. The number of carbonyl (C=O) groups excluding carboxylic acids is 3. The lowest BCUT2D eigenvalue weighted by molar-refractivity contribution is -0.197. The summed E-state index contributed by atoms with van der Waals surface area (Å²) in [6.07, 6.45) is 0.293. The smallest absolute Gasteiger partial charge is 0.333 e. The minimum absolute atomic E-state index is 0.0414. The van der Waals surface area contributed by atoms with Crippen LogP contribution >= 0.6 is 24.0 Å². The Labute approximate surface area is 227 Å². The monoisotopic (exact) mass is 546 g/mol. The lowest BCUT2D eigenvalue weighted by Gasteiger charge is -2.12. The average Bonchev–Trinajstić information content (AvgIpc) is 3.49. The number of aryl methyl sites for hydroxylation is 2. The number of thiazole rings is 1. The van der Waals surface area contributed by atoms with Crippen LogP contribution in [0.25, 0.3) is 20.8 Å². The number of thiol groups is 1. The molecule has 0 spiro atoms. The third-order valence-electron chi connectivity index (χ3n) is 5.98. The molecule has 5 rings (SSSR count). The van der Waals surface area contributed by atoms with Gasteiger partial charge in [0.15, 0.2) is 0 Å². The van der Waals surface area contributed by atoms with E-state index in [9.17, 15) is 19.5 Å². The molecule has 1 aromatic heterocycles. The molecule has 2 heterocycles. The molecule has 1 N–H and O–H groups in total. The van der Waals surface area contributed by atoms with Crippen LogP contribution in [-0.4, -0.2) is 32.9 Å². The van der Waals surface area contributed by atoms with Crippen molar-refractivity contribution in [3.05, 3.63) is 65.7 Å². The summed E-state index contributed by atoms with van der Waals surface area (Å²) in [5, 5.41) is 20.0. The number of rotatable bonds is 7. The van der Waals surface area contributed by atoms with Gasteiger partial charge >= 0.3 is 5.97 Å². The van der Waals surface area contributed by atoms with Crippen molar-refractivity contribution in [1.29, 1.82) is 0 Å². The average molecular weight is 547 g/mol. The number of imide groups is 1. The number of azo groups is 1. The zero-order chi connectivity index (χ0) is 26.8. The SMILES string of the molecule is Cc1ccc2sc(-c3ccc(/N=N/c4cc(CCC(=O)ON5C(=O)CCC5=O)ccc4O)cc3)nc2c1S. The zero-order valence-electron chi connectivity index (χ0n) is 20.2. The number of carbonyl (C=O) groups is 3. The van der Waals surface area contributed by atoms with Crippen LogP contribution in [0.4, 0.5) is 11.4 Å². The maximum atomic E-state index is 12.1. The van der Waals surface area contributed by atoms with Gasteiger partial charge in [-0.05, 0) is 66.9 Å². The van der Waals surface area contributed by atoms with Crippen molar-refractivity contribution in [1.82, 2.24) is 10.0 Å². The zero-order valence-corrected chi connectivity index (χ0v) is 22.0. The number of nitrogens with zero attached hydrogens (tertiary/aromatic N) is 4. The molecule has 0 bridgehead atoms. The summed E-state index contributed by atoms with van der Waals surface area (Å²) in [6, 6.07) is 16.3. The van der Waals surface area contributed by atoms with Crippen molar-refractivity contribution >= 4 is 63.3 Å². The normalized spacial score (nSPS) is 13.7. The number of phenolic OH excluding ortho intramolecular Hbond substituents is 1. The molecule has 192 valence electrons. The van der Waals surface area contributed by atoms with Crippen molar-refractivity contribution in [3.8, 4) is 16.3 Å². The van der Waals surface area contributed by atoms with Crippen LogP contribution in [-0.2, 0) is 25.6 Å². The number of aromatic nitrogens is 1. The molecular formula is C27H22N4O5S2. The summed E-state index contributed by atoms with van der Waals surface area (Å²) in [5.74, 6) is -1.80. The number of amides is 2. The fraction of sp³-hybridized carbons (Fsp3) is 0.185. The number of phenols is 1. The van der Waals surface area contributed by atoms with E-state index in [1.807, 2.05) is 43.3 Å². The minimum Gasteiger partial charge on any atom is -0.506 e. The molecule has 1 aliphatic heterocycles. The lowest BCUT2D eigenvalue weighted by atomic mass is 10.1. The third-order valence-corrected chi connectivity index (χ3v) is 7.61. The Balaban J connectivity index is 1.24. The molecule has 0 radical (unpaired) electrons. The van der Waals surface area contributed by atoms with Crippen LogP contribution in [0, 0.1) is 6.92 Å². The predicted molar refractivity (Wildman–Crippen MR) is 145 cm³/mol. The van der Waals surface area contributed by atoms with Crippen LogP contribution < -0.4 is 0 Å². The predicted octanol–water partition coefficient (Wildman–Crippen LogP) is 6.22. The molecule has 4 aromatic rings. The fourth-order valence-electron chi connectivity index (χ4n) is 3.84. The van der Waals surface area contributed by atoms with Gasteiger partial charge in [0, 0.05) is 23.3 Å². The van der Waals surface area contributed by atoms with Gasteiger partial charge in [-0.1, -0.05) is 12.1 Å². The van der Waals surface area contributed by atoms with E-state index in [0.29, 0.717) is 16.3 Å². The van der Waals surface area contributed by atoms with Gasteiger partial charge in [0.25, 0.3) is 11.8 Å². The summed E-state index contributed by atoms with van der Waals surface area (Å²) >= 11 is 6.18. The number of hydrogen-bond acceptors (Lipinski definition) is 10. The van der Waals surface area contributed by atoms with Gasteiger partial charge in [-0.15, -0.1) is 34.1 Å². The summed E-state index contributed by atoms with van der Waals surface area (Å²) in [4.78, 5) is 45.8. The standard InChI is InChI=1S/C27H22N4O5S2/c1-15-2-10-21-25(26(15)37)28-27(38-21)17-5-7-18(8-6-17)29-30-19-14-16(3-9-20(19)32)4-13-24(35)36-31-22(33)11-12-23(31)34/h2-3,5-10,14,32,37H,4,11-13H2,1H3/b30-29+. The molecule has 0 aliphatic carbocycles. The highest BCUT2D eigenvalue weighted by Crippen LogP contribution is 2.35. The van der Waals surface area contributed by atoms with Gasteiger partial charge in [-0.25, -0.2) is 9.78 Å². The van der Waals surface area contributed by atoms with Gasteiger partial charge in [0.2, 0.25) is 0 Å². The molecule has 1 fully saturated rings. The molecule has 0 unspecified atom stereocenters. The van der Waals surface area contributed by atoms with Gasteiger partial charge in [-0.2, -0.15) is 5.11 Å². The van der Waals surface area contributed by atoms with E-state index in [1.165, 1.54) is 6.07 Å². The maximum absolute atomic E-state index is 12.1. The van der Waals surface area contributed by atoms with Crippen LogP contribution in [0.5, 0.6) is 5.75 Å². The molecule has 0 atom stereocenters. The van der Waals surface area contributed by atoms with Crippen molar-refractivity contribution in [2.45, 2.75) is 37.5 Å². The molecule has 1 saturated heterocycles. The Morgan fingerprint density at radius 2 is 1.82 bits per heavy atom. The molecule has 11 heteroatoms. The lowest BCUT2D eigenvalue weighted by Crippen LogP contribution is -2.32. The Morgan fingerprint density at radius 3 is 2.55 bits per heavy atom. The Morgan fingerprint density at radius 1 is 1.08 bits per heavy atom. The Kier molecular flexibility index (Phi) is 7.21. The van der Waals surface area contributed by atoms with E-state index in [-0.39, 0.29) is 37.1 Å². The first-order valence-electron chi connectivity index (χ1n) is 11.8. The molecule has 1 aliphatic rings. The number of hydroxylamine groups is 2. The van der Waals surface area contributed by atoms with Crippen molar-refractivity contribution in [2.24, 2.45) is 10.2 Å². The van der Waals surface area contributed by atoms with E-state index < -0.39 is 17.8 Å². The number of benzene rings is 3. The third kappa shape index (κ3) is 5.43. The highest BCUT2D eigenvalue weighted by Gasteiger charge is 2.32. The van der Waals surface area contributed by atoms with E-state index in [0.717, 1.165) is 31.2 Å². The second-order valence-corrected chi connectivity index (χ2v) is 10.2. The summed E-state index contributed by atoms with van der Waals surface area (Å²) in [5.41, 5.74) is 4.46. The molecule has 38 heavy (non-hydrogen) atoms. The van der Waals surface area contributed by atoms with Crippen molar-refractivity contribution in [3.63, 3.8) is 0 Å². The maximum Gasteiger partial charge on any atom is 0.333 e. The quantitative estimate of drug-likeness (QED) is 0.161. The van der Waals surface area contributed by atoms with Gasteiger partial charge in [0.05, 0.1) is 22.3 Å². The second-order valence-electron chi connectivity index (χ2n) is 8.71. The van der Waals surface area contributed by atoms with Gasteiger partial charge in [-0.3, -0.25) is 9.59 Å².